The van der Waals surface area contributed by atoms with Crippen LogP contribution in [0.2, 0.25) is 0 Å². The lowest BCUT2D eigenvalue weighted by Gasteiger charge is -2.21. The molecule has 0 unspecified atom stereocenters. The smallest absolute Gasteiger partial charge is 0.222 e. The molecule has 158 valence electrons. The minimum Gasteiger partial charge on any atom is -0.477 e. The van der Waals surface area contributed by atoms with Crippen molar-refractivity contribution < 1.29 is 4.74 Å². The zero-order valence-corrected chi connectivity index (χ0v) is 17.9. The molecular weight excluding hydrogens is 378 g/mol. The van der Waals surface area contributed by atoms with Crippen LogP contribution in [-0.2, 0) is 6.54 Å². The third kappa shape index (κ3) is 5.14. The molecule has 0 fully saturated rings. The van der Waals surface area contributed by atoms with Crippen molar-refractivity contribution in [1.82, 2.24) is 20.2 Å². The number of hydrogen-bond donors (Lipinski definition) is 4. The summed E-state index contributed by atoms with van der Waals surface area (Å²) in [5.41, 5.74) is 5.02. The van der Waals surface area contributed by atoms with Crippen molar-refractivity contribution in [3.63, 3.8) is 0 Å². The first-order valence-electron chi connectivity index (χ1n) is 10.2. The molecule has 0 atom stereocenters. The van der Waals surface area contributed by atoms with Gasteiger partial charge in [0.15, 0.2) is 0 Å². The van der Waals surface area contributed by atoms with Crippen molar-refractivity contribution in [2.75, 3.05) is 17.2 Å². The van der Waals surface area contributed by atoms with Gasteiger partial charge in [0.25, 0.3) is 0 Å². The van der Waals surface area contributed by atoms with E-state index >= 15 is 0 Å². The second-order valence-electron chi connectivity index (χ2n) is 7.33. The van der Waals surface area contributed by atoms with Gasteiger partial charge in [-0.3, -0.25) is 5.10 Å². The van der Waals surface area contributed by atoms with E-state index in [2.05, 4.69) is 46.6 Å². The molecule has 0 aliphatic carbocycles. The van der Waals surface area contributed by atoms with Gasteiger partial charge in [-0.1, -0.05) is 6.92 Å². The normalized spacial score (nSPS) is 10.8. The van der Waals surface area contributed by atoms with E-state index in [1.807, 2.05) is 24.3 Å². The fourth-order valence-electron chi connectivity index (χ4n) is 3.00. The Bertz CT molecular complexity index is 983. The number of rotatable bonds is 10. The highest BCUT2D eigenvalue weighted by molar-refractivity contribution is 6.03. The van der Waals surface area contributed by atoms with E-state index in [1.54, 1.807) is 19.3 Å². The molecule has 0 saturated carbocycles. The molecule has 8 nitrogen and oxygen atoms in total. The Kier molecular flexibility index (Phi) is 7.00. The molecule has 3 heterocycles. The van der Waals surface area contributed by atoms with Crippen LogP contribution in [0.15, 0.2) is 36.7 Å². The summed E-state index contributed by atoms with van der Waals surface area (Å²) >= 11 is 0. The Morgan fingerprint density at radius 1 is 1.30 bits per heavy atom. The van der Waals surface area contributed by atoms with E-state index in [0.717, 1.165) is 29.1 Å². The third-order valence-electron chi connectivity index (χ3n) is 4.32. The van der Waals surface area contributed by atoms with Gasteiger partial charge in [-0.2, -0.15) is 5.10 Å². The fraction of sp³-hybridized carbons (Fsp3) is 0.364. The summed E-state index contributed by atoms with van der Waals surface area (Å²) in [6.07, 6.45) is 4.40. The monoisotopic (exact) mass is 407 g/mol. The Morgan fingerprint density at radius 3 is 2.80 bits per heavy atom. The highest BCUT2D eigenvalue weighted by Gasteiger charge is 2.18. The number of H-pyrrole nitrogens is 1. The highest BCUT2D eigenvalue weighted by Crippen LogP contribution is 2.34. The predicted molar refractivity (Wildman–Crippen MR) is 120 cm³/mol. The van der Waals surface area contributed by atoms with E-state index in [9.17, 15) is 0 Å². The lowest BCUT2D eigenvalue weighted by molar-refractivity contribution is 0.306. The average Bonchev–Trinajstić information content (AvgIpc) is 3.24. The molecule has 0 aromatic carbocycles. The van der Waals surface area contributed by atoms with Crippen LogP contribution >= 0.6 is 0 Å². The molecular formula is C22H29N7O. The molecule has 3 aromatic heterocycles. The van der Waals surface area contributed by atoms with Gasteiger partial charge in [0.05, 0.1) is 47.2 Å². The third-order valence-corrected chi connectivity index (χ3v) is 4.32. The molecule has 0 radical (unpaired) electrons. The van der Waals surface area contributed by atoms with Crippen molar-refractivity contribution in [2.45, 2.75) is 46.7 Å². The van der Waals surface area contributed by atoms with Crippen molar-refractivity contribution in [3.8, 4) is 17.1 Å². The summed E-state index contributed by atoms with van der Waals surface area (Å²) in [5.74, 6) is 0.545. The van der Waals surface area contributed by atoms with Crippen LogP contribution in [0, 0.1) is 5.41 Å². The van der Waals surface area contributed by atoms with E-state index in [1.165, 1.54) is 0 Å². The Morgan fingerprint density at radius 2 is 2.13 bits per heavy atom. The maximum Gasteiger partial charge on any atom is 0.222 e. The zero-order chi connectivity index (χ0) is 21.5. The van der Waals surface area contributed by atoms with Crippen molar-refractivity contribution in [2.24, 2.45) is 0 Å². The number of aromatic nitrogens is 4. The van der Waals surface area contributed by atoms with Gasteiger partial charge in [-0.15, -0.1) is 0 Å². The Labute approximate surface area is 177 Å². The molecule has 0 spiro atoms. The van der Waals surface area contributed by atoms with Crippen molar-refractivity contribution >= 4 is 17.1 Å². The van der Waals surface area contributed by atoms with Crippen LogP contribution in [0.1, 0.15) is 45.5 Å². The van der Waals surface area contributed by atoms with Crippen LogP contribution < -0.4 is 15.4 Å². The van der Waals surface area contributed by atoms with Crippen LogP contribution in [-0.4, -0.2) is 38.5 Å². The maximum absolute atomic E-state index is 8.32. The quantitative estimate of drug-likeness (QED) is 0.369. The fourth-order valence-corrected chi connectivity index (χ4v) is 3.00. The number of pyridine rings is 2. The molecule has 0 bridgehead atoms. The number of ether oxygens (including phenoxy) is 1. The van der Waals surface area contributed by atoms with Crippen molar-refractivity contribution in [1.29, 1.82) is 5.41 Å². The summed E-state index contributed by atoms with van der Waals surface area (Å²) in [5, 5.41) is 22.2. The second kappa shape index (κ2) is 9.87. The predicted octanol–water partition coefficient (Wildman–Crippen LogP) is 4.48. The van der Waals surface area contributed by atoms with Gasteiger partial charge in [0.2, 0.25) is 5.88 Å². The maximum atomic E-state index is 8.32. The molecule has 3 aromatic rings. The number of nitrogens with one attached hydrogen (secondary N) is 4. The minimum atomic E-state index is 0.184. The van der Waals surface area contributed by atoms with Crippen LogP contribution in [0.5, 0.6) is 5.88 Å². The number of anilines is 2. The molecule has 8 heteroatoms. The lowest BCUT2D eigenvalue weighted by atomic mass is 10.1. The minimum absolute atomic E-state index is 0.184. The molecule has 0 aliphatic heterocycles. The average molecular weight is 408 g/mol. The van der Waals surface area contributed by atoms with Crippen molar-refractivity contribution in [3.05, 3.63) is 48.0 Å². The highest BCUT2D eigenvalue weighted by atomic mass is 16.5. The number of nitrogens with zero attached hydrogens (tertiary/aromatic N) is 3. The first kappa shape index (κ1) is 21.3. The molecule has 3 rings (SSSR count). The molecule has 30 heavy (non-hydrogen) atoms. The summed E-state index contributed by atoms with van der Waals surface area (Å²) in [6, 6.07) is 7.88. The molecule has 0 saturated heterocycles. The van der Waals surface area contributed by atoms with E-state index in [0.29, 0.717) is 36.1 Å². The Balaban J connectivity index is 2.09. The molecule has 4 N–H and O–H groups in total. The van der Waals surface area contributed by atoms with Crippen LogP contribution in [0.25, 0.3) is 11.3 Å². The zero-order valence-electron chi connectivity index (χ0n) is 17.9. The second-order valence-corrected chi connectivity index (χ2v) is 7.33. The molecule has 0 aliphatic rings. The van der Waals surface area contributed by atoms with Gasteiger partial charge >= 0.3 is 0 Å². The summed E-state index contributed by atoms with van der Waals surface area (Å²) in [7, 11) is 0. The van der Waals surface area contributed by atoms with Gasteiger partial charge in [-0.25, -0.2) is 9.97 Å². The first-order chi connectivity index (χ1) is 14.5. The van der Waals surface area contributed by atoms with Crippen LogP contribution in [0.3, 0.4) is 0 Å². The standard InChI is InChI=1S/C22H29N7O/c1-5-11-30-22-17(7-6-9-24-22)18-12-19(25-13-16-8-10-26-29-16)21(27-14(2)3)20(28-18)15(4)23/h6-10,12,14,23,27H,5,11,13H2,1-4H3,(H,25,28)(H,26,29). The molecule has 0 amide bonds. The Hall–Kier alpha value is -3.42. The van der Waals surface area contributed by atoms with E-state index in [4.69, 9.17) is 15.1 Å². The first-order valence-corrected chi connectivity index (χ1v) is 10.2. The number of aromatic amines is 1. The summed E-state index contributed by atoms with van der Waals surface area (Å²) in [4.78, 5) is 9.19. The number of hydrogen-bond acceptors (Lipinski definition) is 7. The summed E-state index contributed by atoms with van der Waals surface area (Å²) < 4.78 is 5.84. The van der Waals surface area contributed by atoms with Gasteiger partial charge in [-0.05, 0) is 51.5 Å². The topological polar surface area (TPSA) is 112 Å². The SMILES string of the molecule is CCCOc1ncccc1-c1cc(NCc2cc[nH]n2)c(NC(C)C)c(C(C)=N)n1. The van der Waals surface area contributed by atoms with Gasteiger partial charge in [0, 0.05) is 18.4 Å². The summed E-state index contributed by atoms with van der Waals surface area (Å²) in [6.45, 7) is 9.05. The van der Waals surface area contributed by atoms with E-state index in [-0.39, 0.29) is 6.04 Å². The van der Waals surface area contributed by atoms with Crippen LogP contribution in [0.4, 0.5) is 11.4 Å². The van der Waals surface area contributed by atoms with Gasteiger partial charge < -0.3 is 20.8 Å². The largest absolute Gasteiger partial charge is 0.477 e. The van der Waals surface area contributed by atoms with E-state index < -0.39 is 0 Å². The van der Waals surface area contributed by atoms with Gasteiger partial charge in [0.1, 0.15) is 5.69 Å². The lowest BCUT2D eigenvalue weighted by Crippen LogP contribution is -2.17.